The fraction of sp³-hybridized carbons (Fsp3) is 0.0909. The fourth-order valence-electron chi connectivity index (χ4n) is 6.92. The average molecular weight is 957 g/mol. The number of non-ortho nitro benzene ring substituents is 2. The first-order chi connectivity index (χ1) is 32.1. The van der Waals surface area contributed by atoms with Crippen LogP contribution in [0.15, 0.2) is 132 Å². The summed E-state index contributed by atoms with van der Waals surface area (Å²) in [5.41, 5.74) is 1.52. The number of benzene rings is 6. The van der Waals surface area contributed by atoms with Crippen molar-refractivity contribution in [3.8, 4) is 5.75 Å². The molecule has 0 saturated carbocycles. The molecular formula is C44H34Cl2FN8O12+. The Hall–Kier alpha value is -8.37. The van der Waals surface area contributed by atoms with Gasteiger partial charge in [0, 0.05) is 24.3 Å². The van der Waals surface area contributed by atoms with E-state index < -0.39 is 45.3 Å². The lowest BCUT2D eigenvalue weighted by Gasteiger charge is -2.32. The van der Waals surface area contributed by atoms with E-state index in [1.54, 1.807) is 65.3 Å². The molecule has 8 rings (SSSR count). The molecule has 23 heteroatoms. The third-order valence-electron chi connectivity index (χ3n) is 9.95. The first kappa shape index (κ1) is 46.6. The zero-order chi connectivity index (χ0) is 48.0. The van der Waals surface area contributed by atoms with Crippen molar-refractivity contribution in [2.45, 2.75) is 19.7 Å². The van der Waals surface area contributed by atoms with Crippen molar-refractivity contribution in [1.82, 2.24) is 9.78 Å². The predicted molar refractivity (Wildman–Crippen MR) is 241 cm³/mol. The first-order valence-corrected chi connectivity index (χ1v) is 20.2. The van der Waals surface area contributed by atoms with Crippen LogP contribution in [0.5, 0.6) is 5.75 Å². The maximum Gasteiger partial charge on any atom is 0.475 e. The van der Waals surface area contributed by atoms with Crippen molar-refractivity contribution >= 4 is 80.6 Å². The number of anilines is 3. The topological polar surface area (TPSA) is 250 Å². The molecule has 0 saturated heterocycles. The van der Waals surface area contributed by atoms with Gasteiger partial charge in [-0.15, -0.1) is 9.85 Å². The monoisotopic (exact) mass is 955 g/mol. The molecule has 0 spiro atoms. The highest BCUT2D eigenvalue weighted by Gasteiger charge is 2.60. The Balaban J connectivity index is 0.000000252. The Morgan fingerprint density at radius 3 is 2.07 bits per heavy atom. The number of para-hydroxylation sites is 2. The Labute approximate surface area is 386 Å². The Morgan fingerprint density at radius 2 is 1.43 bits per heavy atom. The van der Waals surface area contributed by atoms with Gasteiger partial charge >= 0.3 is 18.1 Å². The van der Waals surface area contributed by atoms with E-state index in [-0.39, 0.29) is 61.7 Å². The molecule has 7 aromatic rings. The number of aromatic amines is 1. The molecule has 1 aromatic heterocycles. The standard InChI is InChI=1S/C29H20Cl2FN5O8.C15H13N3O4/c30-21-8-4-9-22(31)26(21)34-29(41)45-37(44-16-18-11-12-23(32)24(14-18)33-28(39)40)27(38)20-7-1-2-10-25(20)35(37)15-17-5-3-6-19(13-17)36(42)43;1-22-12-5-6-14-13(8-12)15(19)16-17(14)9-10-3-2-4-11(7-10)18(20)21/h1-14,33H,15-16H2,(H-,34,39,40,41);2-8H,9H2,1H3,(H,16,19)/p+1. The summed E-state index contributed by atoms with van der Waals surface area (Å²) in [7, 11) is 1.54. The number of carbonyl (C=O) groups is 3. The molecule has 2 heterocycles. The largest absolute Gasteiger partial charge is 0.497 e. The summed E-state index contributed by atoms with van der Waals surface area (Å²) < 4.78 is 21.0. The molecule has 20 nitrogen and oxygen atoms in total. The zero-order valence-corrected chi connectivity index (χ0v) is 36.1. The highest BCUT2D eigenvalue weighted by molar-refractivity contribution is 6.39. The average Bonchev–Trinajstić information content (AvgIpc) is 3.73. The van der Waals surface area contributed by atoms with Crippen molar-refractivity contribution in [3.63, 3.8) is 0 Å². The number of hydroxylamine groups is 2. The van der Waals surface area contributed by atoms with Gasteiger partial charge in [-0.3, -0.25) is 45.4 Å². The Kier molecular flexibility index (Phi) is 13.8. The molecule has 1 aliphatic heterocycles. The van der Waals surface area contributed by atoms with E-state index in [0.29, 0.717) is 23.2 Å². The third kappa shape index (κ3) is 10.3. The summed E-state index contributed by atoms with van der Waals surface area (Å²) in [4.78, 5) is 82.1. The van der Waals surface area contributed by atoms with Crippen LogP contribution in [0.3, 0.4) is 0 Å². The van der Waals surface area contributed by atoms with Crippen LogP contribution in [-0.4, -0.2) is 54.9 Å². The van der Waals surface area contributed by atoms with Gasteiger partial charge in [-0.25, -0.2) is 18.8 Å². The molecule has 0 bridgehead atoms. The number of methoxy groups -OCH3 is 1. The minimum absolute atomic E-state index is 0.0127. The van der Waals surface area contributed by atoms with Gasteiger partial charge in [-0.1, -0.05) is 71.7 Å². The van der Waals surface area contributed by atoms with Crippen molar-refractivity contribution in [1.29, 1.82) is 0 Å². The number of nitrogens with zero attached hydrogens (tertiary/aromatic N) is 5. The number of H-pyrrole nitrogens is 1. The predicted octanol–water partition coefficient (Wildman–Crippen LogP) is 9.61. The first-order valence-electron chi connectivity index (χ1n) is 19.5. The number of nitrogens with one attached hydrogen (secondary N) is 3. The lowest BCUT2D eigenvalue weighted by molar-refractivity contribution is -1.18. The number of nitro groups is 2. The van der Waals surface area contributed by atoms with E-state index in [1.807, 2.05) is 5.32 Å². The number of hydrogen-bond donors (Lipinski definition) is 4. The number of ether oxygens (including phenoxy) is 1. The molecule has 3 amide bonds. The molecule has 0 aliphatic carbocycles. The second-order valence-electron chi connectivity index (χ2n) is 14.3. The van der Waals surface area contributed by atoms with Gasteiger partial charge in [0.2, 0.25) is 0 Å². The second kappa shape index (κ2) is 19.8. The molecule has 0 fully saturated rings. The molecular weight excluding hydrogens is 922 g/mol. The summed E-state index contributed by atoms with van der Waals surface area (Å²) in [6, 6.07) is 31.3. The molecule has 0 radical (unpaired) electrons. The number of carbonyl (C=O) groups excluding carboxylic acids is 2. The molecule has 342 valence electrons. The van der Waals surface area contributed by atoms with Gasteiger partial charge in [0.05, 0.1) is 55.8 Å². The molecule has 6 aromatic carbocycles. The maximum absolute atomic E-state index is 14.2. The SMILES string of the molecule is COc1ccc2c(c1)c(=O)[nH]n2Cc1cccc([N+](=O)[O-])c1.O=C(O)Nc1cc(CO[N+]2(OC(=O)Nc3c(Cl)cccc3Cl)C(=O)c3ccccc3N2Cc2cccc([N+](=O)[O-])c2)ccc1F. The number of fused-ring (bicyclic) bond motifs is 2. The number of nitro benzene ring substituents is 2. The van der Waals surface area contributed by atoms with Gasteiger partial charge in [-0.05, 0) is 71.3 Å². The lowest BCUT2D eigenvalue weighted by atomic mass is 10.1. The maximum atomic E-state index is 14.2. The number of aromatic nitrogens is 2. The van der Waals surface area contributed by atoms with Gasteiger partial charge < -0.3 is 9.84 Å². The smallest absolute Gasteiger partial charge is 0.475 e. The van der Waals surface area contributed by atoms with Crippen molar-refractivity contribution in [2.24, 2.45) is 0 Å². The summed E-state index contributed by atoms with van der Waals surface area (Å²) in [5, 5.41) is 40.3. The zero-order valence-electron chi connectivity index (χ0n) is 34.6. The molecule has 1 atom stereocenters. The summed E-state index contributed by atoms with van der Waals surface area (Å²) in [5.74, 6) is -1.12. The van der Waals surface area contributed by atoms with Crippen LogP contribution in [-0.2, 0) is 29.4 Å². The minimum Gasteiger partial charge on any atom is -0.497 e. The summed E-state index contributed by atoms with van der Waals surface area (Å²) in [6.45, 7) is -0.410. The van der Waals surface area contributed by atoms with Gasteiger partial charge in [-0.2, -0.15) is 4.84 Å². The second-order valence-corrected chi connectivity index (χ2v) is 15.1. The number of rotatable bonds is 13. The van der Waals surface area contributed by atoms with Crippen molar-refractivity contribution < 1.29 is 53.1 Å². The van der Waals surface area contributed by atoms with Crippen LogP contribution in [0.2, 0.25) is 10.0 Å². The van der Waals surface area contributed by atoms with Gasteiger partial charge in [0.15, 0.2) is 4.92 Å². The molecule has 67 heavy (non-hydrogen) atoms. The van der Waals surface area contributed by atoms with Gasteiger partial charge in [0.1, 0.15) is 36.0 Å². The van der Waals surface area contributed by atoms with E-state index in [9.17, 15) is 43.8 Å². The van der Waals surface area contributed by atoms with Crippen LogP contribution < -0.4 is 25.9 Å². The minimum atomic E-state index is -1.57. The third-order valence-corrected chi connectivity index (χ3v) is 10.6. The molecule has 1 aliphatic rings. The normalized spacial score (nSPS) is 13.9. The van der Waals surface area contributed by atoms with E-state index in [1.165, 1.54) is 66.7 Å². The Bertz CT molecular complexity index is 3130. The lowest BCUT2D eigenvalue weighted by Crippen LogP contribution is -2.60. The van der Waals surface area contributed by atoms with Crippen molar-refractivity contribution in [2.75, 3.05) is 22.8 Å². The number of amides is 3. The molecule has 1 unspecified atom stereocenters. The summed E-state index contributed by atoms with van der Waals surface area (Å²) >= 11 is 12.4. The van der Waals surface area contributed by atoms with Crippen LogP contribution >= 0.6 is 23.2 Å². The highest BCUT2D eigenvalue weighted by atomic mass is 35.5. The summed E-state index contributed by atoms with van der Waals surface area (Å²) in [6.07, 6.45) is -2.73. The van der Waals surface area contributed by atoms with Crippen LogP contribution in [0, 0.1) is 26.0 Å². The van der Waals surface area contributed by atoms with E-state index in [0.717, 1.165) is 23.2 Å². The van der Waals surface area contributed by atoms with E-state index in [2.05, 4.69) is 10.4 Å². The van der Waals surface area contributed by atoms with Gasteiger partial charge in [0.25, 0.3) is 16.9 Å². The fourth-order valence-corrected chi connectivity index (χ4v) is 7.41. The highest BCUT2D eigenvalue weighted by Crippen LogP contribution is 2.41. The van der Waals surface area contributed by atoms with Crippen molar-refractivity contribution in [3.05, 3.63) is 196 Å². The van der Waals surface area contributed by atoms with E-state index in [4.69, 9.17) is 42.7 Å². The van der Waals surface area contributed by atoms with Crippen LogP contribution in [0.25, 0.3) is 10.9 Å². The number of halogens is 3. The van der Waals surface area contributed by atoms with Crippen LogP contribution in [0.4, 0.5) is 42.4 Å². The number of hydrogen-bond acceptors (Lipinski definition) is 12. The number of carboxylic acid groups (broad SMARTS) is 1. The van der Waals surface area contributed by atoms with Crippen LogP contribution in [0.1, 0.15) is 27.0 Å². The number of quaternary nitrogens is 1. The Morgan fingerprint density at radius 1 is 0.791 bits per heavy atom. The molecule has 4 N–H and O–H groups in total. The van der Waals surface area contributed by atoms with E-state index >= 15 is 0 Å². The quantitative estimate of drug-likeness (QED) is 0.0478.